The lowest BCUT2D eigenvalue weighted by Crippen LogP contribution is -2.40. The maximum atomic E-state index is 10.3. The number of aldehydes is 1. The van der Waals surface area contributed by atoms with Gasteiger partial charge in [-0.15, -0.1) is 0 Å². The van der Waals surface area contributed by atoms with E-state index in [0.717, 1.165) is 25.8 Å². The number of amidine groups is 1. The highest BCUT2D eigenvalue weighted by Crippen LogP contribution is 1.98. The molecule has 0 unspecified atom stereocenters. The molecule has 0 saturated heterocycles. The number of hydrogen-bond acceptors (Lipinski definition) is 2. The zero-order valence-electron chi connectivity index (χ0n) is 7.21. The van der Waals surface area contributed by atoms with E-state index in [1.54, 1.807) is 0 Å². The molecule has 0 N–H and O–H groups in total. The second-order valence-electron chi connectivity index (χ2n) is 2.94. The first kappa shape index (κ1) is 8.24. The fourth-order valence-electron chi connectivity index (χ4n) is 1.38. The minimum Gasteiger partial charge on any atom is -0.299 e. The molecule has 62 valence electrons. The Hall–Kier alpha value is -0.860. The Bertz CT molecular complexity index is 187. The lowest BCUT2D eigenvalue weighted by Gasteiger charge is -2.20. The van der Waals surface area contributed by atoms with Crippen LogP contribution in [-0.2, 0) is 4.79 Å². The van der Waals surface area contributed by atoms with E-state index in [1.807, 2.05) is 0 Å². The SMILES string of the molecule is CC1=[N+](CC=O)CCCN1C. The molecule has 0 bridgehead atoms. The molecule has 0 spiro atoms. The molecule has 0 aliphatic carbocycles. The number of carbonyl (C=O) groups excluding carboxylic acids is 1. The number of hydrogen-bond donors (Lipinski definition) is 0. The molecule has 0 fully saturated rings. The largest absolute Gasteiger partial charge is 0.299 e. The highest BCUT2D eigenvalue weighted by atomic mass is 16.1. The summed E-state index contributed by atoms with van der Waals surface area (Å²) in [6.07, 6.45) is 2.12. The van der Waals surface area contributed by atoms with Crippen LogP contribution in [0.15, 0.2) is 0 Å². The van der Waals surface area contributed by atoms with E-state index in [4.69, 9.17) is 0 Å². The Labute approximate surface area is 67.3 Å². The first-order chi connectivity index (χ1) is 5.25. The van der Waals surface area contributed by atoms with Crippen molar-refractivity contribution < 1.29 is 9.37 Å². The summed E-state index contributed by atoms with van der Waals surface area (Å²) in [5.41, 5.74) is 0. The standard InChI is InChI=1S/C8H15N2O/c1-8-9(2)4-3-5-10(8)6-7-11/h7H,3-6H2,1-2H3/q+1. The van der Waals surface area contributed by atoms with Crippen LogP contribution in [0.1, 0.15) is 13.3 Å². The monoisotopic (exact) mass is 155 g/mol. The quantitative estimate of drug-likeness (QED) is 0.412. The Morgan fingerprint density at radius 1 is 1.73 bits per heavy atom. The van der Waals surface area contributed by atoms with Crippen LogP contribution in [0, 0.1) is 0 Å². The van der Waals surface area contributed by atoms with Gasteiger partial charge in [-0.2, -0.15) is 0 Å². The van der Waals surface area contributed by atoms with E-state index >= 15 is 0 Å². The van der Waals surface area contributed by atoms with E-state index in [9.17, 15) is 4.79 Å². The summed E-state index contributed by atoms with van der Waals surface area (Å²) >= 11 is 0. The van der Waals surface area contributed by atoms with Crippen LogP contribution in [0.2, 0.25) is 0 Å². The van der Waals surface area contributed by atoms with E-state index in [-0.39, 0.29) is 0 Å². The lowest BCUT2D eigenvalue weighted by molar-refractivity contribution is -0.525. The molecule has 0 aromatic heterocycles. The molecule has 11 heavy (non-hydrogen) atoms. The lowest BCUT2D eigenvalue weighted by atomic mass is 10.3. The first-order valence-corrected chi connectivity index (χ1v) is 3.99. The molecule has 3 heteroatoms. The van der Waals surface area contributed by atoms with Gasteiger partial charge in [0.15, 0.2) is 6.29 Å². The van der Waals surface area contributed by atoms with Crippen molar-refractivity contribution in [2.45, 2.75) is 13.3 Å². The topological polar surface area (TPSA) is 23.3 Å². The van der Waals surface area contributed by atoms with Gasteiger partial charge in [0.05, 0.1) is 20.1 Å². The van der Waals surface area contributed by atoms with Gasteiger partial charge in [0, 0.05) is 13.3 Å². The maximum Gasteiger partial charge on any atom is 0.243 e. The van der Waals surface area contributed by atoms with Crippen molar-refractivity contribution in [2.24, 2.45) is 0 Å². The number of carbonyl (C=O) groups is 1. The summed E-state index contributed by atoms with van der Waals surface area (Å²) in [4.78, 5) is 12.4. The number of nitrogens with zero attached hydrogens (tertiary/aromatic N) is 2. The van der Waals surface area contributed by atoms with Gasteiger partial charge in [-0.1, -0.05) is 0 Å². The minimum atomic E-state index is 0.538. The second-order valence-corrected chi connectivity index (χ2v) is 2.94. The van der Waals surface area contributed by atoms with Crippen LogP contribution in [0.25, 0.3) is 0 Å². The third-order valence-electron chi connectivity index (χ3n) is 2.23. The third kappa shape index (κ3) is 1.79. The van der Waals surface area contributed by atoms with Crippen LogP contribution < -0.4 is 0 Å². The average molecular weight is 155 g/mol. The second kappa shape index (κ2) is 3.51. The van der Waals surface area contributed by atoms with Crippen LogP contribution in [-0.4, -0.2) is 48.3 Å². The molecule has 3 nitrogen and oxygen atoms in total. The molecular weight excluding hydrogens is 140 g/mol. The molecule has 1 heterocycles. The minimum absolute atomic E-state index is 0.538. The number of rotatable bonds is 2. The van der Waals surface area contributed by atoms with Crippen molar-refractivity contribution >= 4 is 12.1 Å². The van der Waals surface area contributed by atoms with Crippen molar-refractivity contribution in [3.05, 3.63) is 0 Å². The summed E-state index contributed by atoms with van der Waals surface area (Å²) in [6.45, 7) is 4.73. The van der Waals surface area contributed by atoms with E-state index in [1.165, 1.54) is 5.84 Å². The van der Waals surface area contributed by atoms with Crippen LogP contribution >= 0.6 is 0 Å². The highest BCUT2D eigenvalue weighted by Gasteiger charge is 2.18. The zero-order valence-corrected chi connectivity index (χ0v) is 7.21. The summed E-state index contributed by atoms with van der Waals surface area (Å²) in [5, 5.41) is 0. The Balaban J connectivity index is 2.71. The predicted molar refractivity (Wildman–Crippen MR) is 44.0 cm³/mol. The normalized spacial score (nSPS) is 18.9. The average Bonchev–Trinajstić information content (AvgIpc) is 1.99. The van der Waals surface area contributed by atoms with Crippen molar-refractivity contribution in [3.63, 3.8) is 0 Å². The molecule has 1 aliphatic rings. The van der Waals surface area contributed by atoms with Crippen molar-refractivity contribution in [1.29, 1.82) is 0 Å². The van der Waals surface area contributed by atoms with Gasteiger partial charge in [-0.05, 0) is 0 Å². The van der Waals surface area contributed by atoms with E-state index in [0.29, 0.717) is 6.54 Å². The molecule has 0 saturated carbocycles. The fourth-order valence-corrected chi connectivity index (χ4v) is 1.38. The van der Waals surface area contributed by atoms with Gasteiger partial charge in [-0.3, -0.25) is 14.3 Å². The molecule has 1 aliphatic heterocycles. The highest BCUT2D eigenvalue weighted by molar-refractivity contribution is 5.75. The Morgan fingerprint density at radius 2 is 2.45 bits per heavy atom. The van der Waals surface area contributed by atoms with Gasteiger partial charge in [0.2, 0.25) is 5.84 Å². The fraction of sp³-hybridized carbons (Fsp3) is 0.750. The Kier molecular flexibility index (Phi) is 2.63. The summed E-state index contributed by atoms with van der Waals surface area (Å²) in [7, 11) is 2.06. The maximum absolute atomic E-state index is 10.3. The molecular formula is C8H15N2O+. The van der Waals surface area contributed by atoms with E-state index < -0.39 is 0 Å². The van der Waals surface area contributed by atoms with Crippen molar-refractivity contribution in [1.82, 2.24) is 4.90 Å². The van der Waals surface area contributed by atoms with Gasteiger partial charge >= 0.3 is 0 Å². The first-order valence-electron chi connectivity index (χ1n) is 3.99. The molecule has 0 radical (unpaired) electrons. The third-order valence-corrected chi connectivity index (χ3v) is 2.23. The van der Waals surface area contributed by atoms with Gasteiger partial charge in [-0.25, -0.2) is 0 Å². The van der Waals surface area contributed by atoms with Crippen molar-refractivity contribution in [2.75, 3.05) is 26.7 Å². The summed E-state index contributed by atoms with van der Waals surface area (Å²) in [5.74, 6) is 1.21. The van der Waals surface area contributed by atoms with Gasteiger partial charge < -0.3 is 0 Å². The molecule has 0 aromatic rings. The Morgan fingerprint density at radius 3 is 3.09 bits per heavy atom. The van der Waals surface area contributed by atoms with E-state index in [2.05, 4.69) is 23.4 Å². The summed E-state index contributed by atoms with van der Waals surface area (Å²) in [6, 6.07) is 0. The van der Waals surface area contributed by atoms with Gasteiger partial charge in [0.1, 0.15) is 6.54 Å². The zero-order chi connectivity index (χ0) is 8.27. The van der Waals surface area contributed by atoms with Gasteiger partial charge in [0.25, 0.3) is 0 Å². The molecule has 0 amide bonds. The molecule has 0 atom stereocenters. The van der Waals surface area contributed by atoms with Crippen LogP contribution in [0.3, 0.4) is 0 Å². The van der Waals surface area contributed by atoms with Crippen LogP contribution in [0.5, 0.6) is 0 Å². The smallest absolute Gasteiger partial charge is 0.243 e. The van der Waals surface area contributed by atoms with Crippen molar-refractivity contribution in [3.8, 4) is 0 Å². The molecule has 0 aromatic carbocycles. The molecule has 1 rings (SSSR count). The summed E-state index contributed by atoms with van der Waals surface area (Å²) < 4.78 is 2.11. The van der Waals surface area contributed by atoms with Crippen LogP contribution in [0.4, 0.5) is 0 Å². The predicted octanol–water partition coefficient (Wildman–Crippen LogP) is -0.0483.